The molecule has 0 amide bonds. The Hall–Kier alpha value is -2.51. The maximum Gasteiger partial charge on any atom is 0.416 e. The lowest BCUT2D eigenvalue weighted by Crippen LogP contribution is -2.12. The van der Waals surface area contributed by atoms with Crippen LogP contribution in [-0.2, 0) is 6.18 Å². The van der Waals surface area contributed by atoms with Crippen LogP contribution >= 0.6 is 0 Å². The molecule has 4 nitrogen and oxygen atoms in total. The second kappa shape index (κ2) is 5.47. The fraction of sp³-hybridized carbons (Fsp3) is 0.154. The van der Waals surface area contributed by atoms with E-state index < -0.39 is 28.9 Å². The molecule has 0 aliphatic heterocycles. The molecule has 0 bridgehead atoms. The average molecular weight is 300 g/mol. The molecule has 1 heterocycles. The maximum absolute atomic E-state index is 13.7. The smallest absolute Gasteiger partial charge is 0.416 e. The highest BCUT2D eigenvalue weighted by Gasteiger charge is 2.32. The Morgan fingerprint density at radius 3 is 2.48 bits per heavy atom. The Morgan fingerprint density at radius 1 is 1.19 bits per heavy atom. The summed E-state index contributed by atoms with van der Waals surface area (Å²) in [6, 6.07) is 1.57. The van der Waals surface area contributed by atoms with E-state index in [-0.39, 0.29) is 11.6 Å². The summed E-state index contributed by atoms with van der Waals surface area (Å²) in [5.41, 5.74) is -2.24. The van der Waals surface area contributed by atoms with E-state index in [0.717, 1.165) is 6.20 Å². The zero-order chi connectivity index (χ0) is 15.6. The maximum atomic E-state index is 13.7. The molecule has 0 saturated carbocycles. The topological polar surface area (TPSA) is 52.1 Å². The number of alkyl halides is 3. The molecule has 0 atom stereocenters. The molecular formula is C13H8F4N2O2. The number of carbonyl (C=O) groups excluding carboxylic acids is 1. The zero-order valence-corrected chi connectivity index (χ0v) is 10.6. The second-order valence-electron chi connectivity index (χ2n) is 3.94. The summed E-state index contributed by atoms with van der Waals surface area (Å²) < 4.78 is 56.3. The van der Waals surface area contributed by atoms with Gasteiger partial charge in [-0.15, -0.1) is 0 Å². The Bertz CT molecular complexity index is 686. The largest absolute Gasteiger partial charge is 0.479 e. The first-order valence-electron chi connectivity index (χ1n) is 5.61. The van der Waals surface area contributed by atoms with Crippen molar-refractivity contribution in [1.82, 2.24) is 9.97 Å². The number of ketones is 1. The zero-order valence-electron chi connectivity index (χ0n) is 10.6. The first-order valence-corrected chi connectivity index (χ1v) is 5.61. The molecule has 21 heavy (non-hydrogen) atoms. The first kappa shape index (κ1) is 14.9. The van der Waals surface area contributed by atoms with Gasteiger partial charge in [0.2, 0.25) is 11.7 Å². The minimum absolute atomic E-state index is 0.195. The Kier molecular flexibility index (Phi) is 3.88. The van der Waals surface area contributed by atoms with Gasteiger partial charge in [-0.05, 0) is 18.2 Å². The number of halogens is 4. The van der Waals surface area contributed by atoms with Crippen LogP contribution in [0.1, 0.15) is 21.6 Å². The van der Waals surface area contributed by atoms with Crippen molar-refractivity contribution < 1.29 is 27.1 Å². The van der Waals surface area contributed by atoms with Crippen LogP contribution in [0.25, 0.3) is 0 Å². The summed E-state index contributed by atoms with van der Waals surface area (Å²) >= 11 is 0. The Morgan fingerprint density at radius 2 is 1.86 bits per heavy atom. The summed E-state index contributed by atoms with van der Waals surface area (Å²) in [6.07, 6.45) is -2.30. The van der Waals surface area contributed by atoms with Crippen LogP contribution in [0.15, 0.2) is 30.6 Å². The van der Waals surface area contributed by atoms with Crippen LogP contribution in [0.4, 0.5) is 17.6 Å². The van der Waals surface area contributed by atoms with E-state index in [1.807, 2.05) is 0 Å². The van der Waals surface area contributed by atoms with Crippen molar-refractivity contribution >= 4 is 5.78 Å². The third-order valence-electron chi connectivity index (χ3n) is 2.61. The van der Waals surface area contributed by atoms with Crippen LogP contribution in [0.5, 0.6) is 5.88 Å². The number of hydrogen-bond donors (Lipinski definition) is 0. The van der Waals surface area contributed by atoms with Crippen molar-refractivity contribution in [3.05, 3.63) is 53.2 Å². The lowest BCUT2D eigenvalue weighted by molar-refractivity contribution is -0.137. The molecule has 1 aromatic carbocycles. The molecule has 1 aromatic heterocycles. The number of hydrogen-bond acceptors (Lipinski definition) is 4. The SMILES string of the molecule is COc1nccnc1C(=O)c1cc(C(F)(F)F)ccc1F. The Labute approximate surface area is 116 Å². The van der Waals surface area contributed by atoms with Crippen molar-refractivity contribution in [1.29, 1.82) is 0 Å². The summed E-state index contributed by atoms with van der Waals surface area (Å²) in [5, 5.41) is 0. The van der Waals surface area contributed by atoms with Gasteiger partial charge in [0.25, 0.3) is 0 Å². The van der Waals surface area contributed by atoms with Crippen molar-refractivity contribution in [3.8, 4) is 5.88 Å². The molecule has 2 rings (SSSR count). The van der Waals surface area contributed by atoms with Crippen LogP contribution in [0.2, 0.25) is 0 Å². The van der Waals surface area contributed by atoms with E-state index >= 15 is 0 Å². The number of benzene rings is 1. The standard InChI is InChI=1S/C13H8F4N2O2/c1-21-12-10(18-4-5-19-12)11(20)8-6-7(13(15,16)17)2-3-9(8)14/h2-6H,1H3. The number of carbonyl (C=O) groups is 1. The van der Waals surface area contributed by atoms with Gasteiger partial charge >= 0.3 is 6.18 Å². The molecule has 0 fully saturated rings. The van der Waals surface area contributed by atoms with E-state index in [9.17, 15) is 22.4 Å². The number of aromatic nitrogens is 2. The summed E-state index contributed by atoms with van der Waals surface area (Å²) in [4.78, 5) is 19.5. The molecule has 2 aromatic rings. The summed E-state index contributed by atoms with van der Waals surface area (Å²) in [6.45, 7) is 0. The Balaban J connectivity index is 2.53. The number of methoxy groups -OCH3 is 1. The third kappa shape index (κ3) is 2.99. The molecule has 0 spiro atoms. The molecule has 110 valence electrons. The van der Waals surface area contributed by atoms with Gasteiger partial charge in [0, 0.05) is 12.4 Å². The van der Waals surface area contributed by atoms with Crippen LogP contribution < -0.4 is 4.74 Å². The van der Waals surface area contributed by atoms with Gasteiger partial charge in [-0.3, -0.25) is 4.79 Å². The van der Waals surface area contributed by atoms with E-state index in [4.69, 9.17) is 4.74 Å². The fourth-order valence-corrected chi connectivity index (χ4v) is 1.63. The van der Waals surface area contributed by atoms with Gasteiger partial charge in [-0.1, -0.05) is 0 Å². The van der Waals surface area contributed by atoms with Crippen LogP contribution in [0.3, 0.4) is 0 Å². The average Bonchev–Trinajstić information content (AvgIpc) is 2.45. The molecule has 0 aliphatic carbocycles. The summed E-state index contributed by atoms with van der Waals surface area (Å²) in [7, 11) is 1.21. The number of rotatable bonds is 3. The minimum atomic E-state index is -4.69. The van der Waals surface area contributed by atoms with E-state index in [2.05, 4.69) is 9.97 Å². The van der Waals surface area contributed by atoms with Gasteiger partial charge in [0.05, 0.1) is 18.2 Å². The van der Waals surface area contributed by atoms with Gasteiger partial charge in [-0.25, -0.2) is 14.4 Å². The van der Waals surface area contributed by atoms with Gasteiger partial charge in [0.1, 0.15) is 5.82 Å². The summed E-state index contributed by atoms with van der Waals surface area (Å²) in [5.74, 6) is -2.32. The van der Waals surface area contributed by atoms with Gasteiger partial charge in [-0.2, -0.15) is 13.2 Å². The van der Waals surface area contributed by atoms with Crippen LogP contribution in [-0.4, -0.2) is 22.9 Å². The molecule has 0 radical (unpaired) electrons. The number of nitrogens with zero attached hydrogens (tertiary/aromatic N) is 2. The predicted octanol–water partition coefficient (Wildman–Crippen LogP) is 2.87. The van der Waals surface area contributed by atoms with Gasteiger partial charge in [0.15, 0.2) is 5.69 Å². The number of ether oxygens (including phenoxy) is 1. The quantitative estimate of drug-likeness (QED) is 0.646. The molecule has 8 heteroatoms. The van der Waals surface area contributed by atoms with Gasteiger partial charge < -0.3 is 4.74 Å². The lowest BCUT2D eigenvalue weighted by Gasteiger charge is -2.10. The third-order valence-corrected chi connectivity index (χ3v) is 2.61. The lowest BCUT2D eigenvalue weighted by atomic mass is 10.0. The minimum Gasteiger partial charge on any atom is -0.479 e. The second-order valence-corrected chi connectivity index (χ2v) is 3.94. The molecule has 0 N–H and O–H groups in total. The van der Waals surface area contributed by atoms with E-state index in [1.165, 1.54) is 13.3 Å². The molecular weight excluding hydrogens is 292 g/mol. The van der Waals surface area contributed by atoms with Crippen molar-refractivity contribution in [3.63, 3.8) is 0 Å². The molecule has 0 aliphatic rings. The first-order chi connectivity index (χ1) is 9.84. The highest BCUT2D eigenvalue weighted by Crippen LogP contribution is 2.31. The van der Waals surface area contributed by atoms with Crippen molar-refractivity contribution in [2.75, 3.05) is 7.11 Å². The normalized spacial score (nSPS) is 11.3. The molecule has 0 unspecified atom stereocenters. The van der Waals surface area contributed by atoms with E-state index in [1.54, 1.807) is 0 Å². The highest BCUT2D eigenvalue weighted by atomic mass is 19.4. The highest BCUT2D eigenvalue weighted by molar-refractivity contribution is 6.09. The monoisotopic (exact) mass is 300 g/mol. The van der Waals surface area contributed by atoms with Crippen molar-refractivity contribution in [2.24, 2.45) is 0 Å². The van der Waals surface area contributed by atoms with E-state index in [0.29, 0.717) is 18.2 Å². The van der Waals surface area contributed by atoms with Crippen LogP contribution in [0, 0.1) is 5.82 Å². The fourth-order valence-electron chi connectivity index (χ4n) is 1.63. The molecule has 0 saturated heterocycles. The predicted molar refractivity (Wildman–Crippen MR) is 63.4 cm³/mol. The van der Waals surface area contributed by atoms with Crippen molar-refractivity contribution in [2.45, 2.75) is 6.18 Å².